The minimum atomic E-state index is -1.24. The Balaban J connectivity index is 2.81. The van der Waals surface area contributed by atoms with Crippen molar-refractivity contribution in [2.75, 3.05) is 5.32 Å². The molecule has 0 aliphatic rings. The number of amides is 1. The van der Waals surface area contributed by atoms with Gasteiger partial charge in [0, 0.05) is 6.20 Å². The average molecular weight is 182 g/mol. The van der Waals surface area contributed by atoms with Crippen LogP contribution in [-0.2, 0) is 0 Å². The minimum absolute atomic E-state index is 0.0101. The van der Waals surface area contributed by atoms with Crippen LogP contribution < -0.4 is 5.32 Å². The number of carboxylic acid groups (broad SMARTS) is 2. The summed E-state index contributed by atoms with van der Waals surface area (Å²) in [6.45, 7) is 0. The van der Waals surface area contributed by atoms with Gasteiger partial charge in [-0.25, -0.2) is 14.6 Å². The Morgan fingerprint density at radius 3 is 2.38 bits per heavy atom. The molecule has 0 saturated heterocycles. The smallest absolute Gasteiger partial charge is 0.410 e. The van der Waals surface area contributed by atoms with Gasteiger partial charge in [-0.15, -0.1) is 0 Å². The van der Waals surface area contributed by atoms with E-state index in [0.29, 0.717) is 0 Å². The first kappa shape index (κ1) is 8.98. The van der Waals surface area contributed by atoms with Crippen LogP contribution in [0.1, 0.15) is 10.4 Å². The molecular weight excluding hydrogens is 176 g/mol. The summed E-state index contributed by atoms with van der Waals surface area (Å²) >= 11 is 0. The normalized spacial score (nSPS) is 9.23. The van der Waals surface area contributed by atoms with Crippen molar-refractivity contribution in [3.8, 4) is 0 Å². The van der Waals surface area contributed by atoms with Gasteiger partial charge >= 0.3 is 12.1 Å². The van der Waals surface area contributed by atoms with Crippen LogP contribution in [0.3, 0.4) is 0 Å². The number of hydrogen-bond donors (Lipinski definition) is 3. The second-order valence-corrected chi connectivity index (χ2v) is 2.17. The molecule has 0 bridgehead atoms. The van der Waals surface area contributed by atoms with E-state index >= 15 is 0 Å². The quantitative estimate of drug-likeness (QED) is 0.630. The standard InChI is InChI=1S/C7H6N2O4/c10-6(11)4-1-2-5(8-3-4)9-7(12)13/h1-3H,(H,8,9)(H,10,11)(H,12,13). The SMILES string of the molecule is O=C(O)Nc1ccc(C(=O)O)cn1. The maximum Gasteiger partial charge on any atom is 0.410 e. The summed E-state index contributed by atoms with van der Waals surface area (Å²) in [6.07, 6.45) is -0.163. The van der Waals surface area contributed by atoms with Crippen LogP contribution in [0, 0.1) is 0 Å². The highest BCUT2D eigenvalue weighted by Gasteiger charge is 2.03. The Bertz CT molecular complexity index is 333. The summed E-state index contributed by atoms with van der Waals surface area (Å²) < 4.78 is 0. The fourth-order valence-corrected chi connectivity index (χ4v) is 0.704. The highest BCUT2D eigenvalue weighted by Crippen LogP contribution is 2.04. The Morgan fingerprint density at radius 1 is 1.31 bits per heavy atom. The van der Waals surface area contributed by atoms with Crippen molar-refractivity contribution in [3.63, 3.8) is 0 Å². The van der Waals surface area contributed by atoms with E-state index in [1.54, 1.807) is 0 Å². The predicted molar refractivity (Wildman–Crippen MR) is 42.8 cm³/mol. The predicted octanol–water partition coefficient (Wildman–Crippen LogP) is 0.870. The van der Waals surface area contributed by atoms with Gasteiger partial charge in [0.05, 0.1) is 5.56 Å². The van der Waals surface area contributed by atoms with Gasteiger partial charge in [0.2, 0.25) is 0 Å². The van der Waals surface area contributed by atoms with E-state index in [9.17, 15) is 9.59 Å². The molecule has 1 aromatic heterocycles. The molecule has 6 nitrogen and oxygen atoms in total. The number of carboxylic acids is 1. The summed E-state index contributed by atoms with van der Waals surface area (Å²) in [6, 6.07) is 2.54. The molecule has 1 aromatic rings. The van der Waals surface area contributed by atoms with E-state index in [4.69, 9.17) is 10.2 Å². The van der Waals surface area contributed by atoms with Crippen LogP contribution in [-0.4, -0.2) is 27.3 Å². The molecule has 1 heterocycles. The summed E-state index contributed by atoms with van der Waals surface area (Å²) in [7, 11) is 0. The summed E-state index contributed by atoms with van der Waals surface area (Å²) in [5, 5.41) is 18.7. The van der Waals surface area contributed by atoms with Crippen LogP contribution in [0.5, 0.6) is 0 Å². The van der Waals surface area contributed by atoms with Gasteiger partial charge in [0.1, 0.15) is 5.82 Å². The first-order chi connectivity index (χ1) is 6.09. The highest BCUT2D eigenvalue weighted by molar-refractivity contribution is 5.88. The third-order valence-electron chi connectivity index (χ3n) is 1.25. The molecular formula is C7H6N2O4. The molecule has 0 saturated carbocycles. The first-order valence-electron chi connectivity index (χ1n) is 3.29. The first-order valence-corrected chi connectivity index (χ1v) is 3.29. The average Bonchev–Trinajstić information content (AvgIpc) is 2.04. The maximum atomic E-state index is 10.4. The van der Waals surface area contributed by atoms with E-state index in [0.717, 1.165) is 6.20 Å². The van der Waals surface area contributed by atoms with Gasteiger partial charge in [0.15, 0.2) is 0 Å². The largest absolute Gasteiger partial charge is 0.478 e. The van der Waals surface area contributed by atoms with Crippen LogP contribution in [0.2, 0.25) is 0 Å². The molecule has 6 heteroatoms. The van der Waals surface area contributed by atoms with Gasteiger partial charge in [-0.3, -0.25) is 5.32 Å². The lowest BCUT2D eigenvalue weighted by atomic mass is 10.3. The van der Waals surface area contributed by atoms with E-state index < -0.39 is 12.1 Å². The topological polar surface area (TPSA) is 99.5 Å². The number of anilines is 1. The Morgan fingerprint density at radius 2 is 2.00 bits per heavy atom. The third kappa shape index (κ3) is 2.44. The monoisotopic (exact) mass is 182 g/mol. The number of aromatic carboxylic acids is 1. The fraction of sp³-hybridized carbons (Fsp3) is 0. The zero-order chi connectivity index (χ0) is 9.84. The van der Waals surface area contributed by atoms with Crippen molar-refractivity contribution in [1.82, 2.24) is 4.98 Å². The lowest BCUT2D eigenvalue weighted by molar-refractivity contribution is 0.0696. The molecule has 3 N–H and O–H groups in total. The molecule has 1 rings (SSSR count). The van der Waals surface area contributed by atoms with Gasteiger partial charge in [-0.05, 0) is 12.1 Å². The zero-order valence-corrected chi connectivity index (χ0v) is 6.39. The van der Waals surface area contributed by atoms with Gasteiger partial charge in [-0.2, -0.15) is 0 Å². The Kier molecular flexibility index (Phi) is 2.44. The Labute approximate surface area is 72.8 Å². The maximum absolute atomic E-state index is 10.4. The van der Waals surface area contributed by atoms with Gasteiger partial charge in [-0.1, -0.05) is 0 Å². The zero-order valence-electron chi connectivity index (χ0n) is 6.39. The third-order valence-corrected chi connectivity index (χ3v) is 1.25. The van der Waals surface area contributed by atoms with Crippen molar-refractivity contribution in [2.45, 2.75) is 0 Å². The van der Waals surface area contributed by atoms with Crippen molar-refractivity contribution < 1.29 is 19.8 Å². The molecule has 0 fully saturated rings. The minimum Gasteiger partial charge on any atom is -0.478 e. The van der Waals surface area contributed by atoms with Crippen molar-refractivity contribution in [1.29, 1.82) is 0 Å². The number of carbonyl (C=O) groups is 2. The summed E-state index contributed by atoms with van der Waals surface area (Å²) in [5.41, 5.74) is 0.0101. The molecule has 13 heavy (non-hydrogen) atoms. The molecule has 0 aliphatic carbocycles. The number of nitrogens with zero attached hydrogens (tertiary/aromatic N) is 1. The molecule has 0 atom stereocenters. The van der Waals surface area contributed by atoms with Crippen molar-refractivity contribution in [3.05, 3.63) is 23.9 Å². The Hall–Kier alpha value is -2.11. The van der Waals surface area contributed by atoms with Gasteiger partial charge in [0.25, 0.3) is 0 Å². The molecule has 68 valence electrons. The summed E-state index contributed by atoms with van der Waals surface area (Å²) in [5.74, 6) is -1.01. The molecule has 0 radical (unpaired) electrons. The van der Waals surface area contributed by atoms with E-state index in [1.807, 2.05) is 5.32 Å². The van der Waals surface area contributed by atoms with E-state index in [1.165, 1.54) is 12.1 Å². The number of hydrogen-bond acceptors (Lipinski definition) is 3. The van der Waals surface area contributed by atoms with E-state index in [2.05, 4.69) is 4.98 Å². The second-order valence-electron chi connectivity index (χ2n) is 2.17. The fourth-order valence-electron chi connectivity index (χ4n) is 0.704. The van der Waals surface area contributed by atoms with Gasteiger partial charge < -0.3 is 10.2 Å². The van der Waals surface area contributed by atoms with Crippen molar-refractivity contribution >= 4 is 17.9 Å². The number of nitrogens with one attached hydrogen (secondary N) is 1. The van der Waals surface area contributed by atoms with E-state index in [-0.39, 0.29) is 11.4 Å². The van der Waals surface area contributed by atoms with Crippen LogP contribution in [0.25, 0.3) is 0 Å². The lowest BCUT2D eigenvalue weighted by Gasteiger charge is -1.98. The van der Waals surface area contributed by atoms with Crippen LogP contribution in [0.15, 0.2) is 18.3 Å². The highest BCUT2D eigenvalue weighted by atomic mass is 16.4. The van der Waals surface area contributed by atoms with Crippen LogP contribution >= 0.6 is 0 Å². The number of pyridine rings is 1. The van der Waals surface area contributed by atoms with Crippen LogP contribution in [0.4, 0.5) is 10.6 Å². The number of aromatic nitrogens is 1. The number of rotatable bonds is 2. The molecule has 0 aliphatic heterocycles. The lowest BCUT2D eigenvalue weighted by Crippen LogP contribution is -2.09. The molecule has 0 unspecified atom stereocenters. The summed E-state index contributed by atoms with van der Waals surface area (Å²) in [4.78, 5) is 24.0. The van der Waals surface area contributed by atoms with Crippen molar-refractivity contribution in [2.24, 2.45) is 0 Å². The molecule has 1 amide bonds. The molecule has 0 aromatic carbocycles. The molecule has 0 spiro atoms. The second kappa shape index (κ2) is 3.53.